The number of aromatic nitrogens is 2. The van der Waals surface area contributed by atoms with Gasteiger partial charge >= 0.3 is 0 Å². The summed E-state index contributed by atoms with van der Waals surface area (Å²) in [6, 6.07) is 14.4. The smallest absolute Gasteiger partial charge is 0.258 e. The van der Waals surface area contributed by atoms with E-state index in [1.54, 1.807) is 26.4 Å². The van der Waals surface area contributed by atoms with Gasteiger partial charge in [0, 0.05) is 51.1 Å². The van der Waals surface area contributed by atoms with Crippen molar-refractivity contribution in [1.82, 2.24) is 15.1 Å². The van der Waals surface area contributed by atoms with E-state index in [4.69, 9.17) is 9.47 Å². The average molecular weight is 613 g/mol. The average Bonchev–Trinajstić information content (AvgIpc) is 3.37. The lowest BCUT2D eigenvalue weighted by molar-refractivity contribution is 0.102. The first-order valence-electron chi connectivity index (χ1n) is 13.6. The van der Waals surface area contributed by atoms with Crippen molar-refractivity contribution in [3.8, 4) is 0 Å². The molecular formula is C30H37FN6O5S. The van der Waals surface area contributed by atoms with Crippen LogP contribution in [-0.2, 0) is 19.3 Å². The zero-order valence-corrected chi connectivity index (χ0v) is 25.7. The number of hydrogen-bond donors (Lipinski definition) is 3. The van der Waals surface area contributed by atoms with Gasteiger partial charge in [-0.2, -0.15) is 5.10 Å². The van der Waals surface area contributed by atoms with Crippen LogP contribution in [0.15, 0.2) is 70.5 Å². The monoisotopic (exact) mass is 612 g/mol. The van der Waals surface area contributed by atoms with Crippen molar-refractivity contribution in [2.45, 2.75) is 15.8 Å². The predicted octanol–water partition coefficient (Wildman–Crippen LogP) is 3.86. The molecule has 4 aromatic rings. The Morgan fingerprint density at radius 1 is 0.977 bits per heavy atom. The topological polar surface area (TPSA) is 129 Å². The molecule has 1 heterocycles. The maximum atomic E-state index is 13.8. The highest BCUT2D eigenvalue weighted by Gasteiger charge is 2.22. The third-order valence-electron chi connectivity index (χ3n) is 6.85. The largest absolute Gasteiger partial charge is 0.382 e. The number of ether oxygens (including phenoxy) is 2. The molecule has 11 nitrogen and oxygen atoms in total. The molecule has 0 saturated heterocycles. The van der Waals surface area contributed by atoms with Gasteiger partial charge in [-0.3, -0.25) is 9.89 Å². The van der Waals surface area contributed by atoms with Gasteiger partial charge in [-0.15, -0.1) is 0 Å². The van der Waals surface area contributed by atoms with Gasteiger partial charge in [0.15, 0.2) is 5.82 Å². The summed E-state index contributed by atoms with van der Waals surface area (Å²) < 4.78 is 50.9. The Bertz CT molecular complexity index is 1670. The highest BCUT2D eigenvalue weighted by atomic mass is 32.2. The number of anilines is 3. The number of carbonyl (C=O) groups is 1. The Morgan fingerprint density at radius 2 is 1.70 bits per heavy atom. The molecule has 0 unspecified atom stereocenters. The van der Waals surface area contributed by atoms with Crippen molar-refractivity contribution in [3.05, 3.63) is 72.0 Å². The van der Waals surface area contributed by atoms with E-state index in [0.29, 0.717) is 35.4 Å². The Balaban J connectivity index is 1.67. The second kappa shape index (κ2) is 14.0. The van der Waals surface area contributed by atoms with Crippen LogP contribution in [0.1, 0.15) is 10.4 Å². The fourth-order valence-electron chi connectivity index (χ4n) is 4.52. The molecule has 43 heavy (non-hydrogen) atoms. The summed E-state index contributed by atoms with van der Waals surface area (Å²) in [5.41, 5.74) is 2.35. The number of hydrogen-bond acceptors (Lipinski definition) is 9. The summed E-state index contributed by atoms with van der Waals surface area (Å²) in [6.45, 7) is 2.32. The number of methoxy groups -OCH3 is 2. The zero-order valence-electron chi connectivity index (χ0n) is 24.8. The van der Waals surface area contributed by atoms with Crippen molar-refractivity contribution < 1.29 is 27.1 Å². The summed E-state index contributed by atoms with van der Waals surface area (Å²) in [6.07, 6.45) is 0. The number of carbonyl (C=O) groups excluding carboxylic acids is 1. The molecule has 3 N–H and O–H groups in total. The lowest BCUT2D eigenvalue weighted by Gasteiger charge is -2.25. The molecule has 3 aromatic carbocycles. The third-order valence-corrected chi connectivity index (χ3v) is 8.60. The van der Waals surface area contributed by atoms with Gasteiger partial charge in [-0.05, 0) is 68.7 Å². The second-order valence-electron chi connectivity index (χ2n) is 10.4. The van der Waals surface area contributed by atoms with Crippen LogP contribution in [0.4, 0.5) is 21.6 Å². The van der Waals surface area contributed by atoms with Gasteiger partial charge in [-0.25, -0.2) is 12.8 Å². The van der Waals surface area contributed by atoms with Crippen LogP contribution in [0.2, 0.25) is 0 Å². The fraction of sp³-hybridized carbons (Fsp3) is 0.333. The van der Waals surface area contributed by atoms with Crippen molar-refractivity contribution >= 4 is 43.8 Å². The number of aromatic amines is 1. The van der Waals surface area contributed by atoms with E-state index >= 15 is 0 Å². The Labute approximate surface area is 250 Å². The minimum absolute atomic E-state index is 0.0584. The molecular weight excluding hydrogens is 575 g/mol. The van der Waals surface area contributed by atoms with Crippen LogP contribution in [0, 0.1) is 5.82 Å². The first-order chi connectivity index (χ1) is 20.5. The second-order valence-corrected chi connectivity index (χ2v) is 12.4. The number of nitrogens with zero attached hydrogens (tertiary/aromatic N) is 3. The first-order valence-corrected chi connectivity index (χ1v) is 15.1. The normalized spacial score (nSPS) is 11.8. The van der Waals surface area contributed by atoms with E-state index in [1.807, 2.05) is 33.3 Å². The molecule has 0 saturated carbocycles. The number of sulfone groups is 1. The van der Waals surface area contributed by atoms with E-state index in [-0.39, 0.29) is 21.7 Å². The van der Waals surface area contributed by atoms with E-state index < -0.39 is 21.6 Å². The lowest BCUT2D eigenvalue weighted by Crippen LogP contribution is -2.31. The van der Waals surface area contributed by atoms with Crippen molar-refractivity contribution in [2.75, 3.05) is 77.2 Å². The van der Waals surface area contributed by atoms with Crippen LogP contribution in [0.3, 0.4) is 0 Å². The molecule has 0 spiro atoms. The SMILES string of the molecule is COCC(COC)Nc1cc(N(C)CCN(C)C)ccc1C(=O)Nc1n[nH]c2ccc(S(=O)(=O)c3cccc(F)c3)cc12. The van der Waals surface area contributed by atoms with Gasteiger partial charge < -0.3 is 29.9 Å². The van der Waals surface area contributed by atoms with Crippen LogP contribution in [0.25, 0.3) is 10.9 Å². The molecule has 0 bridgehead atoms. The highest BCUT2D eigenvalue weighted by molar-refractivity contribution is 7.91. The molecule has 230 valence electrons. The number of nitrogens with one attached hydrogen (secondary N) is 3. The number of halogens is 1. The van der Waals surface area contributed by atoms with Crippen LogP contribution >= 0.6 is 0 Å². The Hall–Kier alpha value is -4.04. The summed E-state index contributed by atoms with van der Waals surface area (Å²) in [5.74, 6) is -0.957. The molecule has 0 radical (unpaired) electrons. The summed E-state index contributed by atoms with van der Waals surface area (Å²) in [7, 11) is 5.16. The van der Waals surface area contributed by atoms with Crippen LogP contribution < -0.4 is 15.5 Å². The van der Waals surface area contributed by atoms with Gasteiger partial charge in [0.05, 0.1) is 40.1 Å². The molecule has 1 aromatic heterocycles. The molecule has 4 rings (SSSR count). The standard InChI is InChI=1S/C30H37FN6O5S/c1-36(2)13-14-37(3)22-9-11-25(28(16-22)32-21(18-41-4)19-42-5)30(38)33-29-26-17-24(10-12-27(26)34-35-29)43(39,40)23-8-6-7-20(31)15-23/h6-12,15-17,21,32H,13-14,18-19H2,1-5H3,(H2,33,34,35,38). The predicted molar refractivity (Wildman–Crippen MR) is 165 cm³/mol. The van der Waals surface area contributed by atoms with E-state index in [2.05, 4.69) is 30.6 Å². The van der Waals surface area contributed by atoms with Gasteiger partial charge in [-0.1, -0.05) is 6.07 Å². The number of rotatable bonds is 14. The highest BCUT2D eigenvalue weighted by Crippen LogP contribution is 2.30. The minimum Gasteiger partial charge on any atom is -0.382 e. The maximum Gasteiger partial charge on any atom is 0.258 e. The summed E-state index contributed by atoms with van der Waals surface area (Å²) in [4.78, 5) is 17.6. The number of benzene rings is 3. The molecule has 13 heteroatoms. The van der Waals surface area contributed by atoms with Gasteiger partial charge in [0.25, 0.3) is 5.91 Å². The third kappa shape index (κ3) is 7.68. The Morgan fingerprint density at radius 3 is 2.37 bits per heavy atom. The zero-order chi connectivity index (χ0) is 31.1. The van der Waals surface area contributed by atoms with Crippen LogP contribution in [0.5, 0.6) is 0 Å². The molecule has 1 amide bonds. The molecule has 0 aliphatic heterocycles. The fourth-order valence-corrected chi connectivity index (χ4v) is 5.84. The minimum atomic E-state index is -4.02. The van der Waals surface area contributed by atoms with E-state index in [1.165, 1.54) is 30.3 Å². The summed E-state index contributed by atoms with van der Waals surface area (Å²) >= 11 is 0. The lowest BCUT2D eigenvalue weighted by atomic mass is 10.1. The number of fused-ring (bicyclic) bond motifs is 1. The summed E-state index contributed by atoms with van der Waals surface area (Å²) in [5, 5.41) is 13.6. The number of likely N-dealkylation sites (N-methyl/N-ethyl adjacent to an activating group) is 2. The van der Waals surface area contributed by atoms with Crippen molar-refractivity contribution in [1.29, 1.82) is 0 Å². The van der Waals surface area contributed by atoms with Gasteiger partial charge in [0.1, 0.15) is 5.82 Å². The Kier molecular flexibility index (Phi) is 10.3. The molecule has 0 aliphatic rings. The molecule has 0 aliphatic carbocycles. The quantitative estimate of drug-likeness (QED) is 0.194. The number of H-pyrrole nitrogens is 1. The van der Waals surface area contributed by atoms with Crippen molar-refractivity contribution in [3.63, 3.8) is 0 Å². The molecule has 0 fully saturated rings. The van der Waals surface area contributed by atoms with Crippen molar-refractivity contribution in [2.24, 2.45) is 0 Å². The van der Waals surface area contributed by atoms with E-state index in [9.17, 15) is 17.6 Å². The van der Waals surface area contributed by atoms with E-state index in [0.717, 1.165) is 24.8 Å². The first kappa shape index (κ1) is 31.9. The maximum absolute atomic E-state index is 13.8. The molecule has 0 atom stereocenters. The van der Waals surface area contributed by atoms with Crippen LogP contribution in [-0.4, -0.2) is 97.1 Å². The number of amides is 1. The van der Waals surface area contributed by atoms with Gasteiger partial charge in [0.2, 0.25) is 9.84 Å².